The number of rotatable bonds is 9. The second-order valence-corrected chi connectivity index (χ2v) is 6.40. The number of carbonyl (C=O) groups is 2. The molecule has 6 nitrogen and oxygen atoms in total. The zero-order valence-electron chi connectivity index (χ0n) is 14.6. The smallest absolute Gasteiger partial charge is 0.320 e. The van der Waals surface area contributed by atoms with Crippen molar-refractivity contribution in [2.24, 2.45) is 11.8 Å². The third-order valence-electron chi connectivity index (χ3n) is 4.44. The van der Waals surface area contributed by atoms with Crippen LogP contribution in [0, 0.1) is 11.8 Å². The van der Waals surface area contributed by atoms with Crippen molar-refractivity contribution in [3.63, 3.8) is 0 Å². The van der Waals surface area contributed by atoms with E-state index in [-0.39, 0.29) is 36.2 Å². The molecule has 0 saturated carbocycles. The lowest BCUT2D eigenvalue weighted by Gasteiger charge is -2.31. The van der Waals surface area contributed by atoms with Gasteiger partial charge in [-0.2, -0.15) is 0 Å². The highest BCUT2D eigenvalue weighted by molar-refractivity contribution is 5.85. The second-order valence-electron chi connectivity index (χ2n) is 6.40. The van der Waals surface area contributed by atoms with E-state index in [2.05, 4.69) is 12.2 Å². The number of methoxy groups -OCH3 is 1. The van der Waals surface area contributed by atoms with Gasteiger partial charge in [0.2, 0.25) is 5.91 Å². The molecule has 0 spiro atoms. The molecule has 1 aliphatic heterocycles. The van der Waals surface area contributed by atoms with E-state index < -0.39 is 12.0 Å². The summed E-state index contributed by atoms with van der Waals surface area (Å²) in [5, 5.41) is 12.4. The summed E-state index contributed by atoms with van der Waals surface area (Å²) in [7, 11) is 1.65. The van der Waals surface area contributed by atoms with Crippen LogP contribution in [-0.4, -0.2) is 60.8 Å². The van der Waals surface area contributed by atoms with Crippen molar-refractivity contribution in [2.75, 3.05) is 26.8 Å². The molecule has 136 valence electrons. The fourth-order valence-electron chi connectivity index (χ4n) is 3.42. The number of hydrogen-bond donors (Lipinski definition) is 2. The summed E-state index contributed by atoms with van der Waals surface area (Å²) < 4.78 is 5.18. The Hall–Kier alpha value is -0.850. The predicted octanol–water partition coefficient (Wildman–Crippen LogP) is 1.77. The lowest BCUT2D eigenvalue weighted by atomic mass is 9.95. The Morgan fingerprint density at radius 1 is 1.43 bits per heavy atom. The van der Waals surface area contributed by atoms with Crippen LogP contribution in [-0.2, 0) is 14.3 Å². The fraction of sp³-hybridized carbons (Fsp3) is 0.875. The van der Waals surface area contributed by atoms with E-state index in [1.807, 2.05) is 11.8 Å². The molecule has 0 aliphatic carbocycles. The van der Waals surface area contributed by atoms with Crippen LogP contribution >= 0.6 is 12.4 Å². The van der Waals surface area contributed by atoms with Crippen LogP contribution in [0.25, 0.3) is 0 Å². The van der Waals surface area contributed by atoms with Gasteiger partial charge < -0.3 is 15.2 Å². The SMILES string of the molecule is CCCC(CN1C[C@H](COC)C[C@@H]1C(=O)O)C(C)NC(C)=O.Cl. The lowest BCUT2D eigenvalue weighted by Crippen LogP contribution is -2.45. The maximum Gasteiger partial charge on any atom is 0.320 e. The largest absolute Gasteiger partial charge is 0.480 e. The molecule has 7 heteroatoms. The molecule has 1 rings (SSSR count). The molecule has 1 amide bonds. The highest BCUT2D eigenvalue weighted by atomic mass is 35.5. The maximum atomic E-state index is 11.5. The number of carbonyl (C=O) groups excluding carboxylic acids is 1. The quantitative estimate of drug-likeness (QED) is 0.662. The van der Waals surface area contributed by atoms with Crippen molar-refractivity contribution in [3.8, 4) is 0 Å². The maximum absolute atomic E-state index is 11.5. The van der Waals surface area contributed by atoms with Gasteiger partial charge in [0.1, 0.15) is 6.04 Å². The molecule has 1 heterocycles. The molecule has 0 radical (unpaired) electrons. The summed E-state index contributed by atoms with van der Waals surface area (Å²) in [6.45, 7) is 7.67. The number of halogens is 1. The van der Waals surface area contributed by atoms with Crippen molar-refractivity contribution >= 4 is 24.3 Å². The molecule has 0 bridgehead atoms. The van der Waals surface area contributed by atoms with Crippen molar-refractivity contribution in [1.29, 1.82) is 0 Å². The van der Waals surface area contributed by atoms with Gasteiger partial charge >= 0.3 is 5.97 Å². The van der Waals surface area contributed by atoms with Crippen molar-refractivity contribution < 1.29 is 19.4 Å². The Balaban J connectivity index is 0.00000484. The molecular weight excluding hydrogens is 320 g/mol. The Morgan fingerprint density at radius 2 is 2.09 bits per heavy atom. The number of aliphatic carboxylic acids is 1. The number of likely N-dealkylation sites (tertiary alicyclic amines) is 1. The van der Waals surface area contributed by atoms with Crippen molar-refractivity contribution in [2.45, 2.75) is 52.1 Å². The first-order valence-corrected chi connectivity index (χ1v) is 8.11. The molecule has 0 aromatic heterocycles. The first-order valence-electron chi connectivity index (χ1n) is 8.11. The van der Waals surface area contributed by atoms with Crippen LogP contribution in [0.4, 0.5) is 0 Å². The van der Waals surface area contributed by atoms with Gasteiger partial charge in [-0.1, -0.05) is 13.3 Å². The minimum Gasteiger partial charge on any atom is -0.480 e. The average Bonchev–Trinajstić information content (AvgIpc) is 2.81. The third kappa shape index (κ3) is 7.06. The van der Waals surface area contributed by atoms with E-state index in [0.717, 1.165) is 19.4 Å². The van der Waals surface area contributed by atoms with Gasteiger partial charge in [0.25, 0.3) is 0 Å². The Morgan fingerprint density at radius 3 is 2.57 bits per heavy atom. The summed E-state index contributed by atoms with van der Waals surface area (Å²) >= 11 is 0. The first kappa shape index (κ1) is 22.1. The Bertz CT molecular complexity index is 381. The monoisotopic (exact) mass is 350 g/mol. The zero-order chi connectivity index (χ0) is 16.7. The first-order chi connectivity index (χ1) is 10.4. The van der Waals surface area contributed by atoms with E-state index in [1.54, 1.807) is 7.11 Å². The van der Waals surface area contributed by atoms with E-state index in [9.17, 15) is 14.7 Å². The normalized spacial score (nSPS) is 23.8. The summed E-state index contributed by atoms with van der Waals surface area (Å²) in [6, 6.07) is -0.391. The van der Waals surface area contributed by atoms with Crippen LogP contribution in [0.5, 0.6) is 0 Å². The molecule has 2 N–H and O–H groups in total. The van der Waals surface area contributed by atoms with E-state index in [1.165, 1.54) is 6.92 Å². The Kier molecular flexibility index (Phi) is 10.4. The van der Waals surface area contributed by atoms with Crippen LogP contribution in [0.2, 0.25) is 0 Å². The number of carboxylic acid groups (broad SMARTS) is 1. The van der Waals surface area contributed by atoms with Gasteiger partial charge in [-0.3, -0.25) is 14.5 Å². The van der Waals surface area contributed by atoms with Crippen LogP contribution in [0.1, 0.15) is 40.0 Å². The Labute approximate surface area is 145 Å². The molecule has 1 fully saturated rings. The molecule has 0 aromatic rings. The van der Waals surface area contributed by atoms with Gasteiger partial charge in [-0.25, -0.2) is 0 Å². The summed E-state index contributed by atoms with van der Waals surface area (Å²) in [5.41, 5.74) is 0. The minimum absolute atomic E-state index is 0. The van der Waals surface area contributed by atoms with E-state index in [0.29, 0.717) is 19.6 Å². The summed E-state index contributed by atoms with van der Waals surface area (Å²) in [6.07, 6.45) is 2.62. The van der Waals surface area contributed by atoms with E-state index >= 15 is 0 Å². The van der Waals surface area contributed by atoms with Gasteiger partial charge in [0.05, 0.1) is 6.61 Å². The zero-order valence-corrected chi connectivity index (χ0v) is 15.4. The molecule has 1 aliphatic rings. The number of hydrogen-bond acceptors (Lipinski definition) is 4. The van der Waals surface area contributed by atoms with Gasteiger partial charge in [-0.05, 0) is 31.6 Å². The van der Waals surface area contributed by atoms with Gasteiger partial charge in [0.15, 0.2) is 0 Å². The van der Waals surface area contributed by atoms with E-state index in [4.69, 9.17) is 4.74 Å². The lowest BCUT2D eigenvalue weighted by molar-refractivity contribution is -0.142. The summed E-state index contributed by atoms with van der Waals surface area (Å²) in [4.78, 5) is 24.8. The number of ether oxygens (including phenoxy) is 1. The van der Waals surface area contributed by atoms with Crippen LogP contribution in [0.3, 0.4) is 0 Å². The number of amides is 1. The standard InChI is InChI=1S/C16H30N2O4.ClH/c1-5-6-14(11(2)17-12(3)19)9-18-8-13(10-22-4)7-15(18)16(20)21;/h11,13-15H,5-10H2,1-4H3,(H,17,19)(H,20,21);1H/t11?,13-,14?,15-;/m1./s1. The fourth-order valence-corrected chi connectivity index (χ4v) is 3.42. The molecule has 1 saturated heterocycles. The molecule has 0 aromatic carbocycles. The minimum atomic E-state index is -0.763. The molecular formula is C16H31ClN2O4. The van der Waals surface area contributed by atoms with Crippen molar-refractivity contribution in [1.82, 2.24) is 10.2 Å². The molecule has 23 heavy (non-hydrogen) atoms. The van der Waals surface area contributed by atoms with Crippen LogP contribution in [0.15, 0.2) is 0 Å². The number of nitrogens with zero attached hydrogens (tertiary/aromatic N) is 1. The molecule has 4 atom stereocenters. The highest BCUT2D eigenvalue weighted by Gasteiger charge is 2.38. The summed E-state index contributed by atoms with van der Waals surface area (Å²) in [5.74, 6) is -0.274. The highest BCUT2D eigenvalue weighted by Crippen LogP contribution is 2.26. The number of carboxylic acids is 1. The average molecular weight is 351 g/mol. The van der Waals surface area contributed by atoms with Crippen LogP contribution < -0.4 is 5.32 Å². The second kappa shape index (κ2) is 10.8. The van der Waals surface area contributed by atoms with Gasteiger partial charge in [-0.15, -0.1) is 12.4 Å². The molecule has 2 unspecified atom stereocenters. The number of nitrogens with one attached hydrogen (secondary N) is 1. The predicted molar refractivity (Wildman–Crippen MR) is 91.9 cm³/mol. The topological polar surface area (TPSA) is 78.9 Å². The van der Waals surface area contributed by atoms with Crippen molar-refractivity contribution in [3.05, 3.63) is 0 Å². The third-order valence-corrected chi connectivity index (χ3v) is 4.44. The van der Waals surface area contributed by atoms with Gasteiger partial charge in [0, 0.05) is 33.2 Å².